The highest BCUT2D eigenvalue weighted by Crippen LogP contribution is 2.37. The maximum absolute atomic E-state index is 13.4. The lowest BCUT2D eigenvalue weighted by Crippen LogP contribution is -2.50. The number of amides is 2. The van der Waals surface area contributed by atoms with Crippen LogP contribution in [0.15, 0.2) is 78.9 Å². The number of hydrogen-bond acceptors (Lipinski definition) is 5. The van der Waals surface area contributed by atoms with E-state index in [1.165, 1.54) is 5.56 Å². The zero-order valence-electron chi connectivity index (χ0n) is 23.1. The van der Waals surface area contributed by atoms with Crippen LogP contribution < -0.4 is 20.1 Å². The highest BCUT2D eigenvalue weighted by Gasteiger charge is 2.40. The highest BCUT2D eigenvalue weighted by atomic mass is 16.5. The van der Waals surface area contributed by atoms with Crippen molar-refractivity contribution < 1.29 is 19.1 Å². The molecule has 0 aromatic heterocycles. The van der Waals surface area contributed by atoms with Crippen molar-refractivity contribution in [2.45, 2.75) is 44.9 Å². The number of ether oxygens (including phenoxy) is 2. The third-order valence-electron chi connectivity index (χ3n) is 7.97. The van der Waals surface area contributed by atoms with Gasteiger partial charge in [-0.2, -0.15) is 0 Å². The smallest absolute Gasteiger partial charge is 0.238 e. The first-order valence-electron chi connectivity index (χ1n) is 14.4. The van der Waals surface area contributed by atoms with E-state index in [1.54, 1.807) is 0 Å². The molecule has 40 heavy (non-hydrogen) atoms. The molecule has 1 saturated heterocycles. The molecule has 0 atom stereocenters. The summed E-state index contributed by atoms with van der Waals surface area (Å²) in [5.74, 6) is 2.56. The van der Waals surface area contributed by atoms with Crippen LogP contribution in [-0.2, 0) is 16.0 Å². The molecule has 0 aliphatic carbocycles. The van der Waals surface area contributed by atoms with E-state index in [9.17, 15) is 9.59 Å². The molecule has 5 rings (SSSR count). The Bertz CT molecular complexity index is 1250. The first-order valence-corrected chi connectivity index (χ1v) is 14.4. The van der Waals surface area contributed by atoms with Crippen LogP contribution in [0.1, 0.15) is 44.1 Å². The molecule has 2 aliphatic rings. The van der Waals surface area contributed by atoms with Crippen LogP contribution in [0.5, 0.6) is 17.2 Å². The van der Waals surface area contributed by atoms with Gasteiger partial charge in [-0.15, -0.1) is 0 Å². The van der Waals surface area contributed by atoms with Crippen LogP contribution in [-0.4, -0.2) is 49.5 Å². The van der Waals surface area contributed by atoms with Gasteiger partial charge >= 0.3 is 0 Å². The second-order valence-electron chi connectivity index (χ2n) is 10.8. The van der Waals surface area contributed by atoms with E-state index in [2.05, 4.69) is 27.7 Å². The van der Waals surface area contributed by atoms with Gasteiger partial charge in [0.2, 0.25) is 11.8 Å². The summed E-state index contributed by atoms with van der Waals surface area (Å²) in [5, 5.41) is 6.18. The maximum Gasteiger partial charge on any atom is 0.238 e. The Morgan fingerprint density at radius 2 is 1.60 bits per heavy atom. The monoisotopic (exact) mass is 541 g/mol. The SMILES string of the molecule is O=C(CN1CCC2(CCCCc3ccccc3OCCCNC2=O)CC1)Nc1ccc(Oc2ccccc2)cc1. The zero-order chi connectivity index (χ0) is 27.6. The number of nitrogens with zero attached hydrogens (tertiary/aromatic N) is 1. The Kier molecular flexibility index (Phi) is 9.34. The number of carbonyl (C=O) groups excluding carboxylic acids is 2. The van der Waals surface area contributed by atoms with Crippen molar-refractivity contribution in [2.75, 3.05) is 38.1 Å². The summed E-state index contributed by atoms with van der Waals surface area (Å²) in [6.07, 6.45) is 6.17. The maximum atomic E-state index is 13.4. The predicted molar refractivity (Wildman–Crippen MR) is 157 cm³/mol. The fourth-order valence-electron chi connectivity index (χ4n) is 5.64. The van der Waals surface area contributed by atoms with Crippen molar-refractivity contribution in [3.63, 3.8) is 0 Å². The number of carbonyl (C=O) groups is 2. The Balaban J connectivity index is 1.11. The van der Waals surface area contributed by atoms with Gasteiger partial charge in [0, 0.05) is 12.2 Å². The molecule has 3 aromatic rings. The Morgan fingerprint density at radius 3 is 2.40 bits per heavy atom. The topological polar surface area (TPSA) is 79.9 Å². The van der Waals surface area contributed by atoms with Gasteiger partial charge in [-0.3, -0.25) is 14.5 Å². The van der Waals surface area contributed by atoms with Crippen LogP contribution in [0.25, 0.3) is 0 Å². The first kappa shape index (κ1) is 27.7. The second-order valence-corrected chi connectivity index (χ2v) is 10.8. The lowest BCUT2D eigenvalue weighted by atomic mass is 9.73. The molecule has 0 saturated carbocycles. The van der Waals surface area contributed by atoms with Crippen LogP contribution in [0, 0.1) is 5.41 Å². The third-order valence-corrected chi connectivity index (χ3v) is 7.97. The normalized spacial score (nSPS) is 18.1. The van der Waals surface area contributed by atoms with Gasteiger partial charge in [0.05, 0.1) is 18.6 Å². The number of nitrogens with one attached hydrogen (secondary N) is 2. The lowest BCUT2D eigenvalue weighted by Gasteiger charge is -2.40. The minimum absolute atomic E-state index is 0.0502. The Labute approximate surface area is 236 Å². The lowest BCUT2D eigenvalue weighted by molar-refractivity contribution is -0.134. The molecule has 2 heterocycles. The van der Waals surface area contributed by atoms with E-state index in [-0.39, 0.29) is 17.2 Å². The number of benzene rings is 3. The fourth-order valence-corrected chi connectivity index (χ4v) is 5.64. The molecule has 0 unspecified atom stereocenters. The van der Waals surface area contributed by atoms with Gasteiger partial charge in [0.15, 0.2) is 0 Å². The molecular weight excluding hydrogens is 502 g/mol. The van der Waals surface area contributed by atoms with Crippen molar-refractivity contribution in [3.8, 4) is 17.2 Å². The number of hydrogen-bond donors (Lipinski definition) is 2. The summed E-state index contributed by atoms with van der Waals surface area (Å²) >= 11 is 0. The van der Waals surface area contributed by atoms with E-state index < -0.39 is 0 Å². The molecule has 3 aromatic carbocycles. The molecule has 2 N–H and O–H groups in total. The quantitative estimate of drug-likeness (QED) is 0.426. The molecule has 0 bridgehead atoms. The summed E-state index contributed by atoms with van der Waals surface area (Å²) in [5.41, 5.74) is 1.61. The fraction of sp³-hybridized carbons (Fsp3) is 0.394. The summed E-state index contributed by atoms with van der Waals surface area (Å²) in [6, 6.07) is 25.3. The number of anilines is 1. The molecule has 210 valence electrons. The summed E-state index contributed by atoms with van der Waals surface area (Å²) in [6.45, 7) is 2.99. The molecule has 1 spiro atoms. The number of fused-ring (bicyclic) bond motifs is 1. The number of piperidine rings is 1. The van der Waals surface area contributed by atoms with Crippen molar-refractivity contribution >= 4 is 17.5 Å². The van der Waals surface area contributed by atoms with E-state index in [4.69, 9.17) is 9.47 Å². The van der Waals surface area contributed by atoms with Crippen molar-refractivity contribution in [1.82, 2.24) is 10.2 Å². The summed E-state index contributed by atoms with van der Waals surface area (Å²) in [4.78, 5) is 28.3. The highest BCUT2D eigenvalue weighted by molar-refractivity contribution is 5.92. The van der Waals surface area contributed by atoms with Crippen molar-refractivity contribution in [3.05, 3.63) is 84.4 Å². The average Bonchev–Trinajstić information content (AvgIpc) is 2.99. The third kappa shape index (κ3) is 7.42. The van der Waals surface area contributed by atoms with E-state index in [0.717, 1.165) is 75.2 Å². The standard InChI is InChI=1S/C33H39N3O4/c37-31(35-27-14-16-29(17-15-27)40-28-11-2-1-3-12-28)25-36-22-19-33(20-23-36)18-7-6-10-26-9-4-5-13-30(26)39-24-8-21-34-32(33)38/h1-5,9,11-17H,6-8,10,18-25H2,(H,34,38)(H,35,37). The van der Waals surface area contributed by atoms with Gasteiger partial charge in [-0.1, -0.05) is 42.8 Å². The summed E-state index contributed by atoms with van der Waals surface area (Å²) in [7, 11) is 0. The van der Waals surface area contributed by atoms with Crippen molar-refractivity contribution in [2.24, 2.45) is 5.41 Å². The summed E-state index contributed by atoms with van der Waals surface area (Å²) < 4.78 is 11.8. The first-order chi connectivity index (χ1) is 19.6. The Hall–Kier alpha value is -3.84. The number of likely N-dealkylation sites (tertiary alicyclic amines) is 1. The van der Waals surface area contributed by atoms with Gasteiger partial charge in [0.1, 0.15) is 17.2 Å². The van der Waals surface area contributed by atoms with E-state index >= 15 is 0 Å². The van der Waals surface area contributed by atoms with Crippen molar-refractivity contribution in [1.29, 1.82) is 0 Å². The van der Waals surface area contributed by atoms with Crippen LogP contribution in [0.3, 0.4) is 0 Å². The molecule has 2 aliphatic heterocycles. The molecule has 7 nitrogen and oxygen atoms in total. The Morgan fingerprint density at radius 1 is 0.875 bits per heavy atom. The minimum Gasteiger partial charge on any atom is -0.493 e. The van der Waals surface area contributed by atoms with Gasteiger partial charge in [-0.25, -0.2) is 0 Å². The van der Waals surface area contributed by atoms with Crippen LogP contribution in [0.4, 0.5) is 5.69 Å². The van der Waals surface area contributed by atoms with Crippen LogP contribution >= 0.6 is 0 Å². The van der Waals surface area contributed by atoms with Crippen LogP contribution in [0.2, 0.25) is 0 Å². The largest absolute Gasteiger partial charge is 0.493 e. The number of para-hydroxylation sites is 2. The molecule has 1 fully saturated rings. The second kappa shape index (κ2) is 13.5. The number of aryl methyl sites for hydroxylation is 1. The molecular formula is C33H39N3O4. The zero-order valence-corrected chi connectivity index (χ0v) is 23.1. The predicted octanol–water partition coefficient (Wildman–Crippen LogP) is 5.81. The number of rotatable bonds is 5. The van der Waals surface area contributed by atoms with E-state index in [0.29, 0.717) is 25.4 Å². The average molecular weight is 542 g/mol. The van der Waals surface area contributed by atoms with Gasteiger partial charge in [-0.05, 0) is 99.6 Å². The van der Waals surface area contributed by atoms with Gasteiger partial charge < -0.3 is 20.1 Å². The molecule has 0 radical (unpaired) electrons. The molecule has 2 amide bonds. The van der Waals surface area contributed by atoms with E-state index in [1.807, 2.05) is 66.7 Å². The van der Waals surface area contributed by atoms with Gasteiger partial charge in [0.25, 0.3) is 0 Å². The molecule has 7 heteroatoms. The minimum atomic E-state index is -0.365.